The average Bonchev–Trinajstić information content (AvgIpc) is 3.40. The van der Waals surface area contributed by atoms with E-state index in [-0.39, 0.29) is 29.8 Å². The van der Waals surface area contributed by atoms with Crippen molar-refractivity contribution >= 4 is 50.7 Å². The van der Waals surface area contributed by atoms with Crippen LogP contribution in [0.1, 0.15) is 37.0 Å². The van der Waals surface area contributed by atoms with Crippen LogP contribution >= 0.6 is 23.1 Å². The molecule has 0 fully saturated rings. The van der Waals surface area contributed by atoms with Gasteiger partial charge in [-0.15, -0.1) is 11.3 Å². The minimum absolute atomic E-state index is 0.0417. The third-order valence-corrected chi connectivity index (χ3v) is 6.63. The summed E-state index contributed by atoms with van der Waals surface area (Å²) in [5.41, 5.74) is 1.28. The number of unbranched alkanes of at least 4 members (excludes halogenated alkanes) is 1. The molecule has 3 heterocycles. The first-order valence-corrected chi connectivity index (χ1v) is 11.7. The molecule has 10 heteroatoms. The van der Waals surface area contributed by atoms with Gasteiger partial charge in [-0.2, -0.15) is 0 Å². The summed E-state index contributed by atoms with van der Waals surface area (Å²) in [6, 6.07) is 4.97. The first-order valence-electron chi connectivity index (χ1n) is 9.83. The van der Waals surface area contributed by atoms with Crippen LogP contribution in [0.2, 0.25) is 0 Å². The number of fused-ring (bicyclic) bond motifs is 2. The molecular weight excluding hydrogens is 438 g/mol. The lowest BCUT2D eigenvalue weighted by atomic mass is 10.1. The van der Waals surface area contributed by atoms with Crippen LogP contribution < -0.4 is 20.3 Å². The number of carbonyl (C=O) groups excluding carboxylic acids is 2. The zero-order chi connectivity index (χ0) is 22.0. The summed E-state index contributed by atoms with van der Waals surface area (Å²) in [5.74, 6) is 0.490. The summed E-state index contributed by atoms with van der Waals surface area (Å²) < 4.78 is 12.9. The van der Waals surface area contributed by atoms with Crippen molar-refractivity contribution in [1.82, 2.24) is 9.55 Å². The fraction of sp³-hybridized carbons (Fsp3) is 0.333. The van der Waals surface area contributed by atoms with Crippen LogP contribution in [0.4, 0.5) is 5.69 Å². The van der Waals surface area contributed by atoms with Gasteiger partial charge in [0.1, 0.15) is 4.70 Å². The Bertz CT molecular complexity index is 1220. The number of thiophene rings is 1. The molecule has 0 saturated heterocycles. The number of aromatic nitrogens is 2. The molecule has 0 saturated carbocycles. The molecule has 3 aromatic rings. The predicted octanol–water partition coefficient (Wildman–Crippen LogP) is 3.92. The van der Waals surface area contributed by atoms with E-state index in [2.05, 4.69) is 17.2 Å². The number of hydrogen-bond acceptors (Lipinski definition) is 8. The Morgan fingerprint density at radius 1 is 1.29 bits per heavy atom. The van der Waals surface area contributed by atoms with Gasteiger partial charge in [0.25, 0.3) is 5.56 Å². The number of ketones is 1. The normalized spacial score (nSPS) is 12.3. The number of ether oxygens (including phenoxy) is 2. The van der Waals surface area contributed by atoms with Crippen LogP contribution in [0.3, 0.4) is 0 Å². The number of thioether (sulfide) groups is 1. The van der Waals surface area contributed by atoms with Crippen molar-refractivity contribution in [1.29, 1.82) is 0 Å². The number of anilines is 1. The Morgan fingerprint density at radius 3 is 2.81 bits per heavy atom. The van der Waals surface area contributed by atoms with Crippen molar-refractivity contribution in [3.05, 3.63) is 39.5 Å². The van der Waals surface area contributed by atoms with Crippen molar-refractivity contribution in [3.8, 4) is 11.5 Å². The molecule has 2 aromatic heterocycles. The second-order valence-corrected chi connectivity index (χ2v) is 8.84. The van der Waals surface area contributed by atoms with Crippen LogP contribution in [0.15, 0.2) is 33.5 Å². The number of nitrogens with one attached hydrogen (secondary N) is 1. The summed E-state index contributed by atoms with van der Waals surface area (Å²) in [5, 5.41) is 5.12. The summed E-state index contributed by atoms with van der Waals surface area (Å²) in [4.78, 5) is 42.1. The van der Waals surface area contributed by atoms with E-state index >= 15 is 0 Å². The number of carbonyl (C=O) groups is 2. The van der Waals surface area contributed by atoms with E-state index in [1.165, 1.54) is 30.0 Å². The van der Waals surface area contributed by atoms with Crippen LogP contribution in [0, 0.1) is 0 Å². The van der Waals surface area contributed by atoms with Gasteiger partial charge < -0.3 is 14.8 Å². The molecule has 0 aliphatic carbocycles. The Morgan fingerprint density at radius 2 is 2.06 bits per heavy atom. The molecule has 0 spiro atoms. The maximum atomic E-state index is 12.8. The topological polar surface area (TPSA) is 99.5 Å². The number of rotatable bonds is 8. The molecule has 1 aromatic carbocycles. The highest BCUT2D eigenvalue weighted by molar-refractivity contribution is 7.99. The smallest absolute Gasteiger partial charge is 0.272 e. The van der Waals surface area contributed by atoms with E-state index in [1.807, 2.05) is 5.38 Å². The molecule has 1 N–H and O–H groups in total. The van der Waals surface area contributed by atoms with E-state index in [0.717, 1.165) is 12.8 Å². The van der Waals surface area contributed by atoms with Gasteiger partial charge in [0.15, 0.2) is 22.4 Å². The molecule has 4 rings (SSSR count). The van der Waals surface area contributed by atoms with Crippen molar-refractivity contribution in [2.75, 3.05) is 17.9 Å². The molecular formula is C21H21N3O5S2. The van der Waals surface area contributed by atoms with Gasteiger partial charge in [-0.1, -0.05) is 25.1 Å². The largest absolute Gasteiger partial charge is 0.454 e. The van der Waals surface area contributed by atoms with Crippen molar-refractivity contribution in [2.24, 2.45) is 0 Å². The zero-order valence-corrected chi connectivity index (χ0v) is 18.7. The minimum atomic E-state index is -0.312. The highest BCUT2D eigenvalue weighted by atomic mass is 32.2. The fourth-order valence-electron chi connectivity index (χ4n) is 3.20. The standard InChI is InChI=1S/C21H21N3O5S2/c1-3-4-6-24-20(27)19-14(5-7-30-19)23-21(24)31-10-18(26)22-15-9-17-16(28-11-29-17)8-13(15)12(2)25/h5,7-9H,3-4,6,10-11H2,1-2H3,(H,22,26). The predicted molar refractivity (Wildman–Crippen MR) is 121 cm³/mol. The Hall–Kier alpha value is -2.85. The lowest BCUT2D eigenvalue weighted by Crippen LogP contribution is -2.23. The van der Waals surface area contributed by atoms with Crippen LogP contribution in [0.5, 0.6) is 11.5 Å². The van der Waals surface area contributed by atoms with Crippen LogP contribution in [0.25, 0.3) is 10.2 Å². The lowest BCUT2D eigenvalue weighted by molar-refractivity contribution is -0.113. The number of hydrogen-bond donors (Lipinski definition) is 1. The first-order chi connectivity index (χ1) is 15.0. The highest BCUT2D eigenvalue weighted by Gasteiger charge is 2.21. The summed E-state index contributed by atoms with van der Waals surface area (Å²) in [6.45, 7) is 4.11. The lowest BCUT2D eigenvalue weighted by Gasteiger charge is -2.13. The third-order valence-electron chi connectivity index (χ3n) is 4.76. The average molecular weight is 460 g/mol. The number of amides is 1. The van der Waals surface area contributed by atoms with Gasteiger partial charge in [0, 0.05) is 18.2 Å². The van der Waals surface area contributed by atoms with E-state index < -0.39 is 0 Å². The van der Waals surface area contributed by atoms with Gasteiger partial charge in [-0.05, 0) is 30.9 Å². The molecule has 1 aliphatic heterocycles. The van der Waals surface area contributed by atoms with Gasteiger partial charge in [0.2, 0.25) is 12.7 Å². The molecule has 0 unspecified atom stereocenters. The zero-order valence-electron chi connectivity index (χ0n) is 17.1. The Kier molecular flexibility index (Phi) is 6.28. The number of nitrogens with zero attached hydrogens (tertiary/aromatic N) is 2. The fourth-order valence-corrected chi connectivity index (χ4v) is 4.80. The highest BCUT2D eigenvalue weighted by Crippen LogP contribution is 2.37. The van der Waals surface area contributed by atoms with Gasteiger partial charge in [-0.25, -0.2) is 4.98 Å². The second kappa shape index (κ2) is 9.11. The third kappa shape index (κ3) is 4.45. The van der Waals surface area contributed by atoms with Crippen molar-refractivity contribution in [3.63, 3.8) is 0 Å². The molecule has 0 bridgehead atoms. The van der Waals surface area contributed by atoms with E-state index in [4.69, 9.17) is 9.47 Å². The first kappa shape index (κ1) is 21.4. The summed E-state index contributed by atoms with van der Waals surface area (Å²) >= 11 is 2.57. The second-order valence-electron chi connectivity index (χ2n) is 6.98. The number of Topliss-reactive ketones (excluding diaryl/α,β-unsaturated/α-hetero) is 1. The van der Waals surface area contributed by atoms with Crippen molar-refractivity contribution in [2.45, 2.75) is 38.4 Å². The minimum Gasteiger partial charge on any atom is -0.454 e. The SMILES string of the molecule is CCCCn1c(SCC(=O)Nc2cc3c(cc2C(C)=O)OCO3)nc2ccsc2c1=O. The summed E-state index contributed by atoms with van der Waals surface area (Å²) in [7, 11) is 0. The molecule has 0 radical (unpaired) electrons. The number of benzene rings is 1. The Balaban J connectivity index is 1.54. The molecule has 31 heavy (non-hydrogen) atoms. The van der Waals surface area contributed by atoms with Gasteiger partial charge in [-0.3, -0.25) is 19.0 Å². The molecule has 8 nitrogen and oxygen atoms in total. The molecule has 1 amide bonds. The van der Waals surface area contributed by atoms with Crippen molar-refractivity contribution < 1.29 is 19.1 Å². The molecule has 0 atom stereocenters. The van der Waals surface area contributed by atoms with Gasteiger partial charge >= 0.3 is 0 Å². The van der Waals surface area contributed by atoms with E-state index in [0.29, 0.717) is 44.7 Å². The summed E-state index contributed by atoms with van der Waals surface area (Å²) in [6.07, 6.45) is 1.79. The molecule has 162 valence electrons. The van der Waals surface area contributed by atoms with E-state index in [9.17, 15) is 14.4 Å². The van der Waals surface area contributed by atoms with Crippen LogP contribution in [-0.2, 0) is 11.3 Å². The quantitative estimate of drug-likeness (QED) is 0.310. The molecule has 1 aliphatic rings. The van der Waals surface area contributed by atoms with Crippen LogP contribution in [-0.4, -0.2) is 33.8 Å². The maximum absolute atomic E-state index is 12.8. The maximum Gasteiger partial charge on any atom is 0.272 e. The Labute approximate surface area is 186 Å². The van der Waals surface area contributed by atoms with Gasteiger partial charge in [0.05, 0.1) is 17.0 Å². The van der Waals surface area contributed by atoms with E-state index in [1.54, 1.807) is 22.8 Å². The monoisotopic (exact) mass is 459 g/mol.